The van der Waals surface area contributed by atoms with E-state index in [2.05, 4.69) is 12.2 Å². The summed E-state index contributed by atoms with van der Waals surface area (Å²) in [5, 5.41) is 3.00. The lowest BCUT2D eigenvalue weighted by Gasteiger charge is -2.33. The number of alkyl halides is 1. The maximum Gasteiger partial charge on any atom is 0.226 e. The zero-order valence-electron chi connectivity index (χ0n) is 10.2. The zero-order valence-corrected chi connectivity index (χ0v) is 10.9. The van der Waals surface area contributed by atoms with Gasteiger partial charge in [-0.05, 0) is 33.6 Å². The molecule has 1 atom stereocenters. The third-order valence-electron chi connectivity index (χ3n) is 3.69. The first-order valence-electron chi connectivity index (χ1n) is 5.75. The lowest BCUT2D eigenvalue weighted by molar-refractivity contribution is -0.131. The molecule has 1 N–H and O–H groups in total. The standard InChI is InChI=1S/C12H22ClNO/c1-9(13)11(2,3)14-10(15)12(4)7-5-6-8-12/h9H,5-8H2,1-4H3,(H,14,15). The Bertz CT molecular complexity index is 242. The molecule has 0 bridgehead atoms. The smallest absolute Gasteiger partial charge is 0.226 e. The first-order valence-corrected chi connectivity index (χ1v) is 6.18. The summed E-state index contributed by atoms with van der Waals surface area (Å²) < 4.78 is 0. The Kier molecular flexibility index (Phi) is 3.70. The van der Waals surface area contributed by atoms with E-state index in [-0.39, 0.29) is 22.2 Å². The number of carbonyl (C=O) groups is 1. The van der Waals surface area contributed by atoms with Gasteiger partial charge in [-0.1, -0.05) is 19.8 Å². The molecule has 1 aliphatic carbocycles. The lowest BCUT2D eigenvalue weighted by Crippen LogP contribution is -2.53. The van der Waals surface area contributed by atoms with E-state index in [4.69, 9.17) is 11.6 Å². The predicted molar refractivity (Wildman–Crippen MR) is 64.1 cm³/mol. The van der Waals surface area contributed by atoms with Crippen LogP contribution >= 0.6 is 11.6 Å². The number of amides is 1. The van der Waals surface area contributed by atoms with E-state index in [9.17, 15) is 4.79 Å². The molecule has 1 amide bonds. The molecule has 0 spiro atoms. The van der Waals surface area contributed by atoms with Crippen LogP contribution in [0.4, 0.5) is 0 Å². The summed E-state index contributed by atoms with van der Waals surface area (Å²) in [7, 11) is 0. The fraction of sp³-hybridized carbons (Fsp3) is 0.917. The highest BCUT2D eigenvalue weighted by molar-refractivity contribution is 6.21. The van der Waals surface area contributed by atoms with Crippen molar-refractivity contribution in [1.82, 2.24) is 5.32 Å². The number of nitrogens with one attached hydrogen (secondary N) is 1. The molecule has 1 fully saturated rings. The van der Waals surface area contributed by atoms with Crippen LogP contribution < -0.4 is 5.32 Å². The number of halogens is 1. The maximum absolute atomic E-state index is 12.1. The summed E-state index contributed by atoms with van der Waals surface area (Å²) in [6.45, 7) is 7.92. The van der Waals surface area contributed by atoms with Crippen LogP contribution in [-0.4, -0.2) is 16.8 Å². The van der Waals surface area contributed by atoms with Crippen molar-refractivity contribution in [2.75, 3.05) is 0 Å². The zero-order chi connectivity index (χ0) is 11.7. The van der Waals surface area contributed by atoms with Gasteiger partial charge in [0.15, 0.2) is 0 Å². The summed E-state index contributed by atoms with van der Waals surface area (Å²) in [5.41, 5.74) is -0.493. The monoisotopic (exact) mass is 231 g/mol. The normalized spacial score (nSPS) is 22.5. The minimum absolute atomic E-state index is 0.0635. The van der Waals surface area contributed by atoms with Crippen LogP contribution in [0.5, 0.6) is 0 Å². The van der Waals surface area contributed by atoms with Gasteiger partial charge in [0, 0.05) is 5.41 Å². The Morgan fingerprint density at radius 3 is 2.27 bits per heavy atom. The molecule has 88 valence electrons. The molecule has 0 aromatic carbocycles. The quantitative estimate of drug-likeness (QED) is 0.744. The van der Waals surface area contributed by atoms with E-state index in [1.165, 1.54) is 12.8 Å². The minimum atomic E-state index is -0.329. The molecule has 0 aromatic rings. The Balaban J connectivity index is 2.62. The first-order chi connectivity index (χ1) is 6.78. The van der Waals surface area contributed by atoms with Gasteiger partial charge < -0.3 is 5.32 Å². The predicted octanol–water partition coefficient (Wildman–Crippen LogP) is 3.09. The second-order valence-electron chi connectivity index (χ2n) is 5.56. The van der Waals surface area contributed by atoms with E-state index in [1.54, 1.807) is 0 Å². The van der Waals surface area contributed by atoms with Crippen molar-refractivity contribution < 1.29 is 4.79 Å². The van der Waals surface area contributed by atoms with Crippen molar-refractivity contribution in [3.63, 3.8) is 0 Å². The molecule has 3 heteroatoms. The molecule has 0 saturated heterocycles. The van der Waals surface area contributed by atoms with Gasteiger partial charge in [0.05, 0.1) is 10.9 Å². The van der Waals surface area contributed by atoms with Crippen molar-refractivity contribution in [2.45, 2.75) is 64.3 Å². The SMILES string of the molecule is CC(Cl)C(C)(C)NC(=O)C1(C)CCCC1. The summed E-state index contributed by atoms with van der Waals surface area (Å²) in [6, 6.07) is 0. The van der Waals surface area contributed by atoms with E-state index in [1.807, 2.05) is 20.8 Å². The molecule has 0 heterocycles. The highest BCUT2D eigenvalue weighted by atomic mass is 35.5. The summed E-state index contributed by atoms with van der Waals surface area (Å²) in [4.78, 5) is 12.1. The highest BCUT2D eigenvalue weighted by Crippen LogP contribution is 2.38. The van der Waals surface area contributed by atoms with Crippen LogP contribution in [0.2, 0.25) is 0 Å². The number of carbonyl (C=O) groups excluding carboxylic acids is 1. The summed E-state index contributed by atoms with van der Waals surface area (Å²) in [5.74, 6) is 0.164. The average Bonchev–Trinajstić information content (AvgIpc) is 2.52. The number of rotatable bonds is 3. The second-order valence-corrected chi connectivity index (χ2v) is 6.21. The maximum atomic E-state index is 12.1. The van der Waals surface area contributed by atoms with Crippen molar-refractivity contribution in [3.8, 4) is 0 Å². The second kappa shape index (κ2) is 4.32. The van der Waals surface area contributed by atoms with Gasteiger partial charge in [-0.3, -0.25) is 4.79 Å². The minimum Gasteiger partial charge on any atom is -0.349 e. The molecule has 0 aromatic heterocycles. The Morgan fingerprint density at radius 2 is 1.87 bits per heavy atom. The van der Waals surface area contributed by atoms with Gasteiger partial charge in [0.25, 0.3) is 0 Å². The van der Waals surface area contributed by atoms with Gasteiger partial charge >= 0.3 is 0 Å². The molecule has 0 radical (unpaired) electrons. The van der Waals surface area contributed by atoms with Gasteiger partial charge in [0.1, 0.15) is 0 Å². The molecule has 2 nitrogen and oxygen atoms in total. The van der Waals surface area contributed by atoms with Gasteiger partial charge in [-0.15, -0.1) is 11.6 Å². The third-order valence-corrected chi connectivity index (χ3v) is 4.23. The van der Waals surface area contributed by atoms with Crippen LogP contribution in [0.15, 0.2) is 0 Å². The van der Waals surface area contributed by atoms with Crippen molar-refractivity contribution >= 4 is 17.5 Å². The number of hydrogen-bond donors (Lipinski definition) is 1. The van der Waals surface area contributed by atoms with Crippen molar-refractivity contribution in [2.24, 2.45) is 5.41 Å². The molecule has 0 aliphatic heterocycles. The van der Waals surface area contributed by atoms with E-state index in [0.29, 0.717) is 0 Å². The molecule has 1 unspecified atom stereocenters. The number of hydrogen-bond acceptors (Lipinski definition) is 1. The average molecular weight is 232 g/mol. The molecule has 1 aliphatic rings. The summed E-state index contributed by atoms with van der Waals surface area (Å²) >= 11 is 6.05. The Labute approximate surface area is 97.8 Å². The molecule has 1 rings (SSSR count). The van der Waals surface area contributed by atoms with E-state index >= 15 is 0 Å². The Hall–Kier alpha value is -0.240. The van der Waals surface area contributed by atoms with Crippen LogP contribution in [0, 0.1) is 5.41 Å². The molecular weight excluding hydrogens is 210 g/mol. The molecule has 1 saturated carbocycles. The largest absolute Gasteiger partial charge is 0.349 e. The fourth-order valence-corrected chi connectivity index (χ4v) is 1.98. The van der Waals surface area contributed by atoms with Crippen molar-refractivity contribution in [1.29, 1.82) is 0 Å². The van der Waals surface area contributed by atoms with Gasteiger partial charge in [0.2, 0.25) is 5.91 Å². The lowest BCUT2D eigenvalue weighted by atomic mass is 9.86. The van der Waals surface area contributed by atoms with E-state index < -0.39 is 0 Å². The van der Waals surface area contributed by atoms with Crippen LogP contribution in [-0.2, 0) is 4.79 Å². The Morgan fingerprint density at radius 1 is 1.40 bits per heavy atom. The van der Waals surface area contributed by atoms with Crippen LogP contribution in [0.25, 0.3) is 0 Å². The van der Waals surface area contributed by atoms with E-state index in [0.717, 1.165) is 12.8 Å². The first kappa shape index (κ1) is 12.8. The van der Waals surface area contributed by atoms with Crippen LogP contribution in [0.3, 0.4) is 0 Å². The topological polar surface area (TPSA) is 29.1 Å². The van der Waals surface area contributed by atoms with Gasteiger partial charge in [-0.2, -0.15) is 0 Å². The summed E-state index contributed by atoms with van der Waals surface area (Å²) in [6.07, 6.45) is 4.35. The van der Waals surface area contributed by atoms with Crippen LogP contribution in [0.1, 0.15) is 53.4 Å². The third kappa shape index (κ3) is 2.87. The van der Waals surface area contributed by atoms with Crippen molar-refractivity contribution in [3.05, 3.63) is 0 Å². The highest BCUT2D eigenvalue weighted by Gasteiger charge is 2.39. The molecule has 15 heavy (non-hydrogen) atoms. The van der Waals surface area contributed by atoms with Gasteiger partial charge in [-0.25, -0.2) is 0 Å². The molecular formula is C12H22ClNO. The fourth-order valence-electron chi connectivity index (χ4n) is 1.93.